The number of piperidine rings is 1. The lowest BCUT2D eigenvalue weighted by molar-refractivity contribution is -0.140. The van der Waals surface area contributed by atoms with Crippen molar-refractivity contribution in [1.29, 1.82) is 0 Å². The van der Waals surface area contributed by atoms with Gasteiger partial charge in [0.05, 0.1) is 0 Å². The molecule has 0 bridgehead atoms. The van der Waals surface area contributed by atoms with E-state index in [-0.39, 0.29) is 17.7 Å². The highest BCUT2D eigenvalue weighted by Crippen LogP contribution is 2.47. The molecule has 2 aromatic rings. The molecule has 2 N–H and O–H groups in total. The molecule has 1 aliphatic heterocycles. The molecule has 1 aromatic carbocycles. The lowest BCUT2D eigenvalue weighted by Gasteiger charge is -2.51. The number of hydrogen-bond donors (Lipinski definition) is 1. The molecule has 1 aliphatic carbocycles. The molecule has 1 saturated heterocycles. The summed E-state index contributed by atoms with van der Waals surface area (Å²) in [6.45, 7) is 2.01. The second-order valence-electron chi connectivity index (χ2n) is 9.49. The molecule has 1 amide bonds. The van der Waals surface area contributed by atoms with Gasteiger partial charge in [-0.05, 0) is 54.7 Å². The number of likely N-dealkylation sites (tertiary alicyclic amines) is 1. The van der Waals surface area contributed by atoms with Crippen molar-refractivity contribution < 1.29 is 14.0 Å². The van der Waals surface area contributed by atoms with Gasteiger partial charge in [-0.15, -0.1) is 0 Å². The first kappa shape index (κ1) is 22.6. The first-order valence-electron chi connectivity index (χ1n) is 11.6. The number of hydrogen-bond acceptors (Lipinski definition) is 5. The van der Waals surface area contributed by atoms with Crippen LogP contribution in [0.3, 0.4) is 0 Å². The SMILES string of the molecule is NC(=O)C(C=O)(Cc1ccc(F)cc1)N1CCC(Cn2cncn2)(C2CCCCC2)CC1. The molecule has 1 saturated carbocycles. The molecule has 2 aliphatic rings. The number of nitrogens with zero attached hydrogens (tertiary/aromatic N) is 4. The van der Waals surface area contributed by atoms with E-state index in [9.17, 15) is 14.0 Å². The van der Waals surface area contributed by atoms with Gasteiger partial charge in [-0.1, -0.05) is 31.4 Å². The summed E-state index contributed by atoms with van der Waals surface area (Å²) in [6, 6.07) is 5.90. The molecule has 2 fully saturated rings. The number of rotatable bonds is 8. The summed E-state index contributed by atoms with van der Waals surface area (Å²) in [7, 11) is 0. The molecular formula is C24H32FN5O2. The molecule has 32 heavy (non-hydrogen) atoms. The molecule has 0 spiro atoms. The zero-order chi connectivity index (χ0) is 22.6. The number of benzene rings is 1. The van der Waals surface area contributed by atoms with Crippen molar-refractivity contribution in [2.45, 2.75) is 63.5 Å². The number of carbonyl (C=O) groups excluding carboxylic acids is 2. The van der Waals surface area contributed by atoms with Crippen molar-refractivity contribution in [3.63, 3.8) is 0 Å². The first-order chi connectivity index (χ1) is 15.5. The summed E-state index contributed by atoms with van der Waals surface area (Å²) in [5.41, 5.74) is 5.15. The highest BCUT2D eigenvalue weighted by atomic mass is 19.1. The van der Waals surface area contributed by atoms with Crippen molar-refractivity contribution >= 4 is 12.2 Å². The average molecular weight is 442 g/mol. The van der Waals surface area contributed by atoms with Crippen LogP contribution < -0.4 is 5.73 Å². The number of carbonyl (C=O) groups is 2. The maximum atomic E-state index is 13.3. The Morgan fingerprint density at radius 3 is 2.44 bits per heavy atom. The quantitative estimate of drug-likeness (QED) is 0.502. The summed E-state index contributed by atoms with van der Waals surface area (Å²) in [5.74, 6) is -0.412. The Labute approximate surface area is 188 Å². The molecule has 1 unspecified atom stereocenters. The minimum absolute atomic E-state index is 0.0623. The molecule has 0 radical (unpaired) electrons. The van der Waals surface area contributed by atoms with Gasteiger partial charge >= 0.3 is 0 Å². The van der Waals surface area contributed by atoms with Crippen LogP contribution in [0.25, 0.3) is 0 Å². The maximum Gasteiger partial charge on any atom is 0.245 e. The normalized spacial score (nSPS) is 21.7. The predicted molar refractivity (Wildman–Crippen MR) is 118 cm³/mol. The predicted octanol–water partition coefficient (Wildman–Crippen LogP) is 2.75. The second-order valence-corrected chi connectivity index (χ2v) is 9.49. The van der Waals surface area contributed by atoms with E-state index >= 15 is 0 Å². The van der Waals surface area contributed by atoms with Crippen LogP contribution in [0.15, 0.2) is 36.9 Å². The van der Waals surface area contributed by atoms with Gasteiger partial charge in [-0.2, -0.15) is 5.10 Å². The van der Waals surface area contributed by atoms with E-state index in [4.69, 9.17) is 5.73 Å². The van der Waals surface area contributed by atoms with Crippen LogP contribution in [0.4, 0.5) is 4.39 Å². The Morgan fingerprint density at radius 1 is 1.19 bits per heavy atom. The standard InChI is InChI=1S/C24H32FN5O2/c25-21-8-6-19(7-9-21)14-24(16-31,22(26)32)29-12-10-23(11-13-29,15-30-18-27-17-28-30)20-4-2-1-3-5-20/h6-9,16-18,20H,1-5,10-15H2,(H2,26,32). The van der Waals surface area contributed by atoms with Gasteiger partial charge in [0.1, 0.15) is 24.8 Å². The third kappa shape index (κ3) is 4.46. The molecular weight excluding hydrogens is 409 g/mol. The number of aldehydes is 1. The smallest absolute Gasteiger partial charge is 0.245 e. The van der Waals surface area contributed by atoms with Gasteiger partial charge in [-0.25, -0.2) is 9.37 Å². The highest BCUT2D eigenvalue weighted by Gasteiger charge is 2.49. The molecule has 4 rings (SSSR count). The molecule has 7 nitrogen and oxygen atoms in total. The van der Waals surface area contributed by atoms with E-state index in [1.54, 1.807) is 24.8 Å². The third-order valence-electron chi connectivity index (χ3n) is 7.75. The Bertz CT molecular complexity index is 903. The molecule has 172 valence electrons. The lowest BCUT2D eigenvalue weighted by atomic mass is 9.63. The summed E-state index contributed by atoms with van der Waals surface area (Å²) in [6.07, 6.45) is 12.1. The Morgan fingerprint density at radius 2 is 1.88 bits per heavy atom. The van der Waals surface area contributed by atoms with E-state index in [0.29, 0.717) is 30.9 Å². The summed E-state index contributed by atoms with van der Waals surface area (Å²) in [4.78, 5) is 31.0. The van der Waals surface area contributed by atoms with E-state index in [0.717, 1.165) is 19.4 Å². The number of halogens is 1. The third-order valence-corrected chi connectivity index (χ3v) is 7.75. The Hall–Kier alpha value is -2.61. The summed E-state index contributed by atoms with van der Waals surface area (Å²) >= 11 is 0. The van der Waals surface area contributed by atoms with Crippen molar-refractivity contribution in [1.82, 2.24) is 19.7 Å². The molecule has 8 heteroatoms. The van der Waals surface area contributed by atoms with Crippen molar-refractivity contribution in [3.8, 4) is 0 Å². The van der Waals surface area contributed by atoms with Crippen molar-refractivity contribution in [2.75, 3.05) is 13.1 Å². The zero-order valence-corrected chi connectivity index (χ0v) is 18.5. The minimum atomic E-state index is -1.43. The lowest BCUT2D eigenvalue weighted by Crippen LogP contribution is -2.63. The van der Waals surface area contributed by atoms with E-state index in [1.165, 1.54) is 44.2 Å². The molecule has 1 atom stereocenters. The fourth-order valence-electron chi connectivity index (χ4n) is 5.84. The average Bonchev–Trinajstić information content (AvgIpc) is 3.33. The van der Waals surface area contributed by atoms with Crippen molar-refractivity contribution in [2.24, 2.45) is 17.1 Å². The topological polar surface area (TPSA) is 94.1 Å². The van der Waals surface area contributed by atoms with Gasteiger partial charge in [0.25, 0.3) is 0 Å². The maximum absolute atomic E-state index is 13.3. The summed E-state index contributed by atoms with van der Waals surface area (Å²) < 4.78 is 15.3. The van der Waals surface area contributed by atoms with Crippen LogP contribution in [0.2, 0.25) is 0 Å². The molecule has 2 heterocycles. The summed E-state index contributed by atoms with van der Waals surface area (Å²) in [5, 5.41) is 4.36. The second kappa shape index (κ2) is 9.48. The first-order valence-corrected chi connectivity index (χ1v) is 11.6. The Balaban J connectivity index is 1.56. The van der Waals surface area contributed by atoms with Crippen LogP contribution in [0, 0.1) is 17.2 Å². The fourth-order valence-corrected chi connectivity index (χ4v) is 5.84. The Kier molecular flexibility index (Phi) is 6.69. The number of nitrogens with two attached hydrogens (primary N) is 1. The van der Waals surface area contributed by atoms with Gasteiger partial charge in [0.2, 0.25) is 5.91 Å². The van der Waals surface area contributed by atoms with Crippen molar-refractivity contribution in [3.05, 3.63) is 48.3 Å². The van der Waals surface area contributed by atoms with Gasteiger partial charge < -0.3 is 10.5 Å². The largest absolute Gasteiger partial charge is 0.368 e. The minimum Gasteiger partial charge on any atom is -0.368 e. The van der Waals surface area contributed by atoms with Crippen LogP contribution in [-0.2, 0) is 22.6 Å². The van der Waals surface area contributed by atoms with Crippen LogP contribution in [0.5, 0.6) is 0 Å². The van der Waals surface area contributed by atoms with Crippen LogP contribution in [-0.4, -0.2) is 50.5 Å². The number of amides is 1. The zero-order valence-electron chi connectivity index (χ0n) is 18.5. The number of primary amides is 1. The highest BCUT2D eigenvalue weighted by molar-refractivity contribution is 6.01. The number of aromatic nitrogens is 3. The van der Waals surface area contributed by atoms with Gasteiger partial charge in [0, 0.05) is 26.1 Å². The van der Waals surface area contributed by atoms with Gasteiger partial charge in [0.15, 0.2) is 5.54 Å². The van der Waals surface area contributed by atoms with E-state index in [2.05, 4.69) is 10.1 Å². The molecule has 1 aromatic heterocycles. The van der Waals surface area contributed by atoms with E-state index in [1.807, 2.05) is 9.58 Å². The van der Waals surface area contributed by atoms with Gasteiger partial charge in [-0.3, -0.25) is 14.4 Å². The fraction of sp³-hybridized carbons (Fsp3) is 0.583. The van der Waals surface area contributed by atoms with E-state index < -0.39 is 11.4 Å². The monoisotopic (exact) mass is 441 g/mol. The van der Waals surface area contributed by atoms with Crippen LogP contribution in [0.1, 0.15) is 50.5 Å². The van der Waals surface area contributed by atoms with Crippen LogP contribution >= 0.6 is 0 Å².